The van der Waals surface area contributed by atoms with Crippen molar-refractivity contribution in [2.75, 3.05) is 22.4 Å². The van der Waals surface area contributed by atoms with Crippen molar-refractivity contribution in [3.05, 3.63) is 64.0 Å². The number of rotatable bonds is 4. The van der Waals surface area contributed by atoms with E-state index in [1.807, 2.05) is 36.6 Å². The van der Waals surface area contributed by atoms with Crippen LogP contribution in [0.1, 0.15) is 27.3 Å². The first kappa shape index (κ1) is 19.6. The molecule has 0 radical (unpaired) electrons. The second kappa shape index (κ2) is 7.61. The number of nitrogens with zero attached hydrogens (tertiary/aromatic N) is 2. The summed E-state index contributed by atoms with van der Waals surface area (Å²) < 4.78 is 25.4. The van der Waals surface area contributed by atoms with E-state index in [1.54, 1.807) is 29.5 Å². The maximum Gasteiger partial charge on any atom is 0.255 e. The molecule has 0 fully saturated rings. The largest absolute Gasteiger partial charge is 0.322 e. The van der Waals surface area contributed by atoms with E-state index in [2.05, 4.69) is 10.3 Å². The number of fused-ring (bicyclic) bond motifs is 1. The number of anilines is 2. The van der Waals surface area contributed by atoms with Crippen molar-refractivity contribution >= 4 is 38.6 Å². The number of thiazole rings is 1. The minimum absolute atomic E-state index is 0.226. The molecule has 2 heterocycles. The third-order valence-electron chi connectivity index (χ3n) is 4.85. The van der Waals surface area contributed by atoms with Crippen LogP contribution in [0.25, 0.3) is 11.3 Å². The quantitative estimate of drug-likeness (QED) is 0.680. The Bertz CT molecular complexity index is 1190. The summed E-state index contributed by atoms with van der Waals surface area (Å²) in [5.41, 5.74) is 4.57. The highest BCUT2D eigenvalue weighted by atomic mass is 32.2. The molecule has 6 nitrogen and oxygen atoms in total. The van der Waals surface area contributed by atoms with Crippen molar-refractivity contribution < 1.29 is 13.2 Å². The molecular weight excluding hydrogens is 406 g/mol. The average molecular weight is 428 g/mol. The molecule has 29 heavy (non-hydrogen) atoms. The lowest BCUT2D eigenvalue weighted by Crippen LogP contribution is -2.34. The van der Waals surface area contributed by atoms with Crippen LogP contribution in [0.15, 0.2) is 47.8 Å². The second-order valence-electron chi connectivity index (χ2n) is 7.07. The summed E-state index contributed by atoms with van der Waals surface area (Å²) in [6.45, 7) is 2.43. The Morgan fingerprint density at radius 3 is 2.76 bits per heavy atom. The van der Waals surface area contributed by atoms with E-state index >= 15 is 0 Å². The van der Waals surface area contributed by atoms with Crippen molar-refractivity contribution in [3.63, 3.8) is 0 Å². The van der Waals surface area contributed by atoms with Crippen LogP contribution in [0.5, 0.6) is 0 Å². The Labute approximate surface area is 174 Å². The molecule has 0 saturated heterocycles. The molecule has 0 bridgehead atoms. The number of sulfonamides is 1. The topological polar surface area (TPSA) is 79.4 Å². The number of aromatic nitrogens is 1. The number of nitrogens with one attached hydrogen (secondary N) is 1. The molecular formula is C21H21N3O3S2. The zero-order valence-electron chi connectivity index (χ0n) is 16.2. The summed E-state index contributed by atoms with van der Waals surface area (Å²) in [7, 11) is -3.32. The monoisotopic (exact) mass is 427 g/mol. The van der Waals surface area contributed by atoms with Gasteiger partial charge in [0.25, 0.3) is 5.91 Å². The lowest BCUT2D eigenvalue weighted by molar-refractivity contribution is 0.102. The average Bonchev–Trinajstić information content (AvgIpc) is 3.13. The Morgan fingerprint density at radius 2 is 2.03 bits per heavy atom. The van der Waals surface area contributed by atoms with Crippen LogP contribution < -0.4 is 9.62 Å². The van der Waals surface area contributed by atoms with Crippen LogP contribution in [0.3, 0.4) is 0 Å². The van der Waals surface area contributed by atoms with Crippen molar-refractivity contribution in [2.24, 2.45) is 0 Å². The van der Waals surface area contributed by atoms with Gasteiger partial charge in [-0.2, -0.15) is 0 Å². The van der Waals surface area contributed by atoms with Crippen molar-refractivity contribution in [1.29, 1.82) is 0 Å². The van der Waals surface area contributed by atoms with Gasteiger partial charge in [-0.25, -0.2) is 13.4 Å². The Morgan fingerprint density at radius 1 is 1.21 bits per heavy atom. The SMILES string of the molecule is Cc1nc(-c2cccc(NC(=O)c3ccc4c(c3)CCCN4S(C)(=O)=O)c2)cs1. The number of carbonyl (C=O) groups excluding carboxylic acids is 1. The molecule has 0 unspecified atom stereocenters. The number of aryl methyl sites for hydroxylation is 2. The predicted octanol–water partition coefficient (Wildman–Crippen LogP) is 4.08. The first-order valence-corrected chi connectivity index (χ1v) is 12.0. The summed E-state index contributed by atoms with van der Waals surface area (Å²) in [4.78, 5) is 17.3. The van der Waals surface area contributed by atoms with Gasteiger partial charge in [-0.1, -0.05) is 12.1 Å². The zero-order chi connectivity index (χ0) is 20.6. The van der Waals surface area contributed by atoms with E-state index in [-0.39, 0.29) is 5.91 Å². The van der Waals surface area contributed by atoms with Gasteiger partial charge in [0, 0.05) is 28.7 Å². The van der Waals surface area contributed by atoms with Crippen LogP contribution in [0.4, 0.5) is 11.4 Å². The zero-order valence-corrected chi connectivity index (χ0v) is 17.8. The van der Waals surface area contributed by atoms with Gasteiger partial charge in [0.1, 0.15) is 0 Å². The standard InChI is InChI=1S/C21H21N3O3S2/c1-14-22-19(13-28-14)15-5-3-7-18(12-15)23-21(25)17-8-9-20-16(11-17)6-4-10-24(20)29(2,26)27/h3,5,7-9,11-13H,4,6,10H2,1-2H3,(H,23,25). The van der Waals surface area contributed by atoms with Crippen LogP contribution in [0.2, 0.25) is 0 Å². The molecule has 1 amide bonds. The van der Waals surface area contributed by atoms with E-state index in [9.17, 15) is 13.2 Å². The second-order valence-corrected chi connectivity index (χ2v) is 10.0. The minimum Gasteiger partial charge on any atom is -0.322 e. The van der Waals surface area contributed by atoms with Crippen LogP contribution in [-0.4, -0.2) is 32.1 Å². The van der Waals surface area contributed by atoms with Gasteiger partial charge < -0.3 is 5.32 Å². The lowest BCUT2D eigenvalue weighted by Gasteiger charge is -2.29. The molecule has 0 atom stereocenters. The minimum atomic E-state index is -3.32. The van der Waals surface area contributed by atoms with Crippen LogP contribution in [-0.2, 0) is 16.4 Å². The Balaban J connectivity index is 1.57. The van der Waals surface area contributed by atoms with Gasteiger partial charge in [0.05, 0.1) is 22.6 Å². The molecule has 150 valence electrons. The first-order valence-electron chi connectivity index (χ1n) is 9.26. The molecule has 0 spiro atoms. The fourth-order valence-corrected chi connectivity index (χ4v) is 5.12. The third kappa shape index (κ3) is 4.18. The molecule has 2 aromatic carbocycles. The molecule has 0 aliphatic carbocycles. The van der Waals surface area contributed by atoms with Crippen LogP contribution >= 0.6 is 11.3 Å². The Kier molecular flexibility index (Phi) is 5.14. The molecule has 8 heteroatoms. The van der Waals surface area contributed by atoms with Crippen LogP contribution in [0, 0.1) is 6.92 Å². The summed E-state index contributed by atoms with van der Waals surface area (Å²) in [6.07, 6.45) is 2.70. The highest BCUT2D eigenvalue weighted by molar-refractivity contribution is 7.92. The van der Waals surface area contributed by atoms with E-state index < -0.39 is 10.0 Å². The summed E-state index contributed by atoms with van der Waals surface area (Å²) in [5.74, 6) is -0.226. The number of carbonyl (C=O) groups is 1. The molecule has 1 aliphatic heterocycles. The van der Waals surface area contributed by atoms with Crippen molar-refractivity contribution in [2.45, 2.75) is 19.8 Å². The Hall–Kier alpha value is -2.71. The number of hydrogen-bond acceptors (Lipinski definition) is 5. The van der Waals surface area contributed by atoms with Gasteiger partial charge in [0.2, 0.25) is 10.0 Å². The van der Waals surface area contributed by atoms with Gasteiger partial charge in [-0.05, 0) is 55.7 Å². The molecule has 1 aliphatic rings. The summed E-state index contributed by atoms with van der Waals surface area (Å²) >= 11 is 1.59. The number of hydrogen-bond donors (Lipinski definition) is 1. The number of amides is 1. The molecule has 1 aromatic heterocycles. The van der Waals surface area contributed by atoms with E-state index in [0.717, 1.165) is 34.7 Å². The highest BCUT2D eigenvalue weighted by Gasteiger charge is 2.24. The third-order valence-corrected chi connectivity index (χ3v) is 6.81. The van der Waals surface area contributed by atoms with Crippen molar-refractivity contribution in [1.82, 2.24) is 4.98 Å². The van der Waals surface area contributed by atoms with Gasteiger partial charge >= 0.3 is 0 Å². The van der Waals surface area contributed by atoms with E-state index in [0.29, 0.717) is 23.5 Å². The summed E-state index contributed by atoms with van der Waals surface area (Å²) in [6, 6.07) is 12.8. The normalized spacial score (nSPS) is 13.8. The molecule has 3 aromatic rings. The molecule has 1 N–H and O–H groups in total. The smallest absolute Gasteiger partial charge is 0.255 e. The lowest BCUT2D eigenvalue weighted by atomic mass is 10.0. The van der Waals surface area contributed by atoms with Crippen molar-refractivity contribution in [3.8, 4) is 11.3 Å². The maximum absolute atomic E-state index is 12.8. The van der Waals surface area contributed by atoms with Gasteiger partial charge in [0.15, 0.2) is 0 Å². The highest BCUT2D eigenvalue weighted by Crippen LogP contribution is 2.30. The number of benzene rings is 2. The predicted molar refractivity (Wildman–Crippen MR) is 117 cm³/mol. The fraction of sp³-hybridized carbons (Fsp3) is 0.238. The first-order chi connectivity index (χ1) is 13.8. The summed E-state index contributed by atoms with van der Waals surface area (Å²) in [5, 5.41) is 5.91. The molecule has 0 saturated carbocycles. The van der Waals surface area contributed by atoms with E-state index in [4.69, 9.17) is 0 Å². The van der Waals surface area contributed by atoms with E-state index in [1.165, 1.54) is 10.6 Å². The fourth-order valence-electron chi connectivity index (χ4n) is 3.50. The molecule has 4 rings (SSSR count). The van der Waals surface area contributed by atoms with Gasteiger partial charge in [-0.3, -0.25) is 9.10 Å². The van der Waals surface area contributed by atoms with Gasteiger partial charge in [-0.15, -0.1) is 11.3 Å². The maximum atomic E-state index is 12.8.